The number of amides is 1. The lowest BCUT2D eigenvalue weighted by atomic mass is 10.1. The Bertz CT molecular complexity index is 594. The van der Waals surface area contributed by atoms with Crippen LogP contribution >= 0.6 is 12.2 Å². The van der Waals surface area contributed by atoms with E-state index in [1.54, 1.807) is 0 Å². The first-order valence-electron chi connectivity index (χ1n) is 5.02. The maximum Gasteiger partial charge on any atom is 0.416 e. The van der Waals surface area contributed by atoms with Crippen molar-refractivity contribution < 1.29 is 22.4 Å². The Balaban J connectivity index is 3.05. The van der Waals surface area contributed by atoms with E-state index in [9.17, 15) is 22.4 Å². The van der Waals surface area contributed by atoms with Crippen LogP contribution in [0, 0.1) is 23.1 Å². The standard InChI is InChI=1S/C11H7F4N3OS/c12-6-1-5(11(13,14)15)2-7(3-6)18-10(20)8(4-16)9(17)19/h1-3,8H,(H2,17,19)(H,18,20). The van der Waals surface area contributed by atoms with Crippen LogP contribution in [0.15, 0.2) is 18.2 Å². The third-order valence-corrected chi connectivity index (χ3v) is 2.51. The van der Waals surface area contributed by atoms with Gasteiger partial charge in [-0.1, -0.05) is 12.2 Å². The molecule has 0 radical (unpaired) electrons. The number of nitrogens with one attached hydrogen (secondary N) is 1. The van der Waals surface area contributed by atoms with E-state index in [0.29, 0.717) is 12.1 Å². The lowest BCUT2D eigenvalue weighted by Crippen LogP contribution is -2.32. The van der Waals surface area contributed by atoms with Crippen LogP contribution in [0.4, 0.5) is 23.2 Å². The fourth-order valence-corrected chi connectivity index (χ4v) is 1.58. The van der Waals surface area contributed by atoms with E-state index < -0.39 is 34.4 Å². The van der Waals surface area contributed by atoms with Gasteiger partial charge in [-0.3, -0.25) is 4.79 Å². The number of carbonyl (C=O) groups is 1. The predicted molar refractivity (Wildman–Crippen MR) is 65.9 cm³/mol. The Morgan fingerprint density at radius 2 is 2.00 bits per heavy atom. The van der Waals surface area contributed by atoms with E-state index in [2.05, 4.69) is 17.5 Å². The molecule has 0 aliphatic rings. The molecule has 1 amide bonds. The fraction of sp³-hybridized carbons (Fsp3) is 0.182. The topological polar surface area (TPSA) is 78.9 Å². The molecule has 0 aromatic heterocycles. The molecule has 0 bridgehead atoms. The number of rotatable bonds is 3. The fourth-order valence-electron chi connectivity index (χ4n) is 1.29. The van der Waals surface area contributed by atoms with Crippen molar-refractivity contribution in [1.29, 1.82) is 5.26 Å². The first-order valence-corrected chi connectivity index (χ1v) is 5.43. The third-order valence-electron chi connectivity index (χ3n) is 2.17. The SMILES string of the molecule is N#CC(C(N)=O)C(=S)Nc1cc(F)cc(C(F)(F)F)c1. The highest BCUT2D eigenvalue weighted by molar-refractivity contribution is 7.80. The number of hydrogen-bond donors (Lipinski definition) is 2. The summed E-state index contributed by atoms with van der Waals surface area (Å²) in [4.78, 5) is 10.5. The van der Waals surface area contributed by atoms with E-state index in [0.717, 1.165) is 6.07 Å². The number of benzene rings is 1. The smallest absolute Gasteiger partial charge is 0.368 e. The molecule has 1 aromatic carbocycles. The van der Waals surface area contributed by atoms with Crippen molar-refractivity contribution in [2.45, 2.75) is 6.18 Å². The average Bonchev–Trinajstić information content (AvgIpc) is 2.26. The molecule has 0 aliphatic carbocycles. The summed E-state index contributed by atoms with van der Waals surface area (Å²) in [6, 6.07) is 3.15. The lowest BCUT2D eigenvalue weighted by molar-refractivity contribution is -0.137. The van der Waals surface area contributed by atoms with Gasteiger partial charge < -0.3 is 11.1 Å². The number of hydrogen-bond acceptors (Lipinski definition) is 3. The summed E-state index contributed by atoms with van der Waals surface area (Å²) in [7, 11) is 0. The minimum absolute atomic E-state index is 0.310. The molecule has 0 fully saturated rings. The Hall–Kier alpha value is -2.21. The second-order valence-corrected chi connectivity index (χ2v) is 4.12. The van der Waals surface area contributed by atoms with Gasteiger partial charge in [0.2, 0.25) is 5.91 Å². The van der Waals surface area contributed by atoms with Gasteiger partial charge in [0, 0.05) is 5.69 Å². The van der Waals surface area contributed by atoms with Gasteiger partial charge in [-0.2, -0.15) is 18.4 Å². The Labute approximate surface area is 116 Å². The number of nitrogens with two attached hydrogens (primary N) is 1. The van der Waals surface area contributed by atoms with E-state index in [1.165, 1.54) is 6.07 Å². The van der Waals surface area contributed by atoms with Crippen LogP contribution in [0.1, 0.15) is 5.56 Å². The van der Waals surface area contributed by atoms with Crippen molar-refractivity contribution >= 4 is 28.8 Å². The largest absolute Gasteiger partial charge is 0.416 e. The van der Waals surface area contributed by atoms with Crippen molar-refractivity contribution in [2.75, 3.05) is 5.32 Å². The maximum atomic E-state index is 13.1. The van der Waals surface area contributed by atoms with Crippen LogP contribution in [0.2, 0.25) is 0 Å². The molecular formula is C11H7F4N3OS. The Morgan fingerprint density at radius 3 is 2.45 bits per heavy atom. The summed E-state index contributed by atoms with van der Waals surface area (Å²) in [5.74, 6) is -3.71. The molecule has 0 aliphatic heterocycles. The molecule has 0 saturated heterocycles. The van der Waals surface area contributed by atoms with E-state index >= 15 is 0 Å². The number of carbonyl (C=O) groups excluding carboxylic acids is 1. The van der Waals surface area contributed by atoms with Gasteiger partial charge in [-0.15, -0.1) is 0 Å². The van der Waals surface area contributed by atoms with Crippen LogP contribution in [0.5, 0.6) is 0 Å². The normalized spacial score (nSPS) is 12.3. The van der Waals surface area contributed by atoms with Gasteiger partial charge >= 0.3 is 6.18 Å². The molecule has 106 valence electrons. The summed E-state index contributed by atoms with van der Waals surface area (Å²) in [6.07, 6.45) is -4.74. The first-order chi connectivity index (χ1) is 9.15. The minimum Gasteiger partial charge on any atom is -0.368 e. The number of thiocarbonyl (C=S) groups is 1. The Morgan fingerprint density at radius 1 is 1.40 bits per heavy atom. The van der Waals surface area contributed by atoms with Gasteiger partial charge in [0.05, 0.1) is 11.6 Å². The van der Waals surface area contributed by atoms with Crippen molar-refractivity contribution in [2.24, 2.45) is 11.7 Å². The van der Waals surface area contributed by atoms with E-state index in [-0.39, 0.29) is 5.69 Å². The van der Waals surface area contributed by atoms with Crippen LogP contribution in [-0.4, -0.2) is 10.9 Å². The quantitative estimate of drug-likeness (QED) is 0.663. The second-order valence-electron chi connectivity index (χ2n) is 3.68. The van der Waals surface area contributed by atoms with Crippen molar-refractivity contribution in [1.82, 2.24) is 0 Å². The molecule has 9 heteroatoms. The molecule has 3 N–H and O–H groups in total. The highest BCUT2D eigenvalue weighted by Crippen LogP contribution is 2.31. The molecule has 1 rings (SSSR count). The van der Waals surface area contributed by atoms with Gasteiger partial charge in [0.15, 0.2) is 5.92 Å². The Kier molecular flexibility index (Phi) is 4.62. The predicted octanol–water partition coefficient (Wildman–Crippen LogP) is 2.21. The third kappa shape index (κ3) is 3.89. The summed E-state index contributed by atoms with van der Waals surface area (Å²) < 4.78 is 50.6. The molecule has 0 spiro atoms. The van der Waals surface area contributed by atoms with Crippen LogP contribution in [0.3, 0.4) is 0 Å². The van der Waals surface area contributed by atoms with Crippen molar-refractivity contribution in [3.8, 4) is 6.07 Å². The van der Waals surface area contributed by atoms with Gasteiger partial charge in [-0.05, 0) is 18.2 Å². The highest BCUT2D eigenvalue weighted by Gasteiger charge is 2.31. The number of halogens is 4. The zero-order valence-electron chi connectivity index (χ0n) is 9.66. The van der Waals surface area contributed by atoms with Crippen LogP contribution in [0.25, 0.3) is 0 Å². The molecule has 0 saturated carbocycles. The molecule has 4 nitrogen and oxygen atoms in total. The summed E-state index contributed by atoms with van der Waals surface area (Å²) >= 11 is 4.67. The highest BCUT2D eigenvalue weighted by atomic mass is 32.1. The molecule has 1 unspecified atom stereocenters. The summed E-state index contributed by atoms with van der Waals surface area (Å²) in [5.41, 5.74) is 3.33. The van der Waals surface area contributed by atoms with Gasteiger partial charge in [-0.25, -0.2) is 4.39 Å². The van der Waals surface area contributed by atoms with Gasteiger partial charge in [0.1, 0.15) is 10.8 Å². The minimum atomic E-state index is -4.74. The van der Waals surface area contributed by atoms with E-state index in [4.69, 9.17) is 11.0 Å². The summed E-state index contributed by atoms with van der Waals surface area (Å²) in [6.45, 7) is 0. The van der Waals surface area contributed by atoms with Gasteiger partial charge in [0.25, 0.3) is 0 Å². The van der Waals surface area contributed by atoms with Crippen LogP contribution < -0.4 is 11.1 Å². The summed E-state index contributed by atoms with van der Waals surface area (Å²) in [5, 5.41) is 10.8. The average molecular weight is 305 g/mol. The molecule has 1 aromatic rings. The number of anilines is 1. The molecule has 20 heavy (non-hydrogen) atoms. The number of nitriles is 1. The first kappa shape index (κ1) is 15.8. The van der Waals surface area contributed by atoms with Crippen molar-refractivity contribution in [3.63, 3.8) is 0 Å². The molecule has 0 heterocycles. The number of nitrogens with zero attached hydrogens (tertiary/aromatic N) is 1. The lowest BCUT2D eigenvalue weighted by Gasteiger charge is -2.13. The maximum absolute atomic E-state index is 13.1. The zero-order valence-corrected chi connectivity index (χ0v) is 10.5. The molecular weight excluding hydrogens is 298 g/mol. The van der Waals surface area contributed by atoms with E-state index in [1.807, 2.05) is 0 Å². The molecule has 1 atom stereocenters. The number of alkyl halides is 3. The zero-order chi connectivity index (χ0) is 15.5. The van der Waals surface area contributed by atoms with Crippen molar-refractivity contribution in [3.05, 3.63) is 29.6 Å². The monoisotopic (exact) mass is 305 g/mol. The van der Waals surface area contributed by atoms with Crippen LogP contribution in [-0.2, 0) is 11.0 Å². The second kappa shape index (κ2) is 5.83. The number of primary amides is 1.